The molecule has 1 saturated heterocycles. The molecule has 1 aromatic carbocycles. The summed E-state index contributed by atoms with van der Waals surface area (Å²) in [5.74, 6) is 0.502. The van der Waals surface area contributed by atoms with Gasteiger partial charge in [-0.2, -0.15) is 5.10 Å². The maximum atomic E-state index is 13.4. The molecule has 2 aromatic heterocycles. The van der Waals surface area contributed by atoms with Gasteiger partial charge >= 0.3 is 0 Å². The van der Waals surface area contributed by atoms with Crippen LogP contribution in [-0.2, 0) is 11.2 Å². The smallest absolute Gasteiger partial charge is 0.227 e. The first-order valence-corrected chi connectivity index (χ1v) is 8.48. The molecule has 6 nitrogen and oxygen atoms in total. The number of halogens is 1. The topological polar surface area (TPSA) is 77.7 Å². The highest BCUT2D eigenvalue weighted by atomic mass is 19.1. The van der Waals surface area contributed by atoms with Crippen LogP contribution >= 0.6 is 0 Å². The maximum absolute atomic E-state index is 13.4. The fraction of sp³-hybridized carbons (Fsp3) is 0.389. The maximum Gasteiger partial charge on any atom is 0.227 e. The first-order valence-electron chi connectivity index (χ1n) is 8.48. The number of benzene rings is 1. The Hall–Kier alpha value is -2.70. The van der Waals surface area contributed by atoms with Gasteiger partial charge in [0.15, 0.2) is 0 Å². The van der Waals surface area contributed by atoms with Crippen molar-refractivity contribution in [3.05, 3.63) is 46.8 Å². The van der Waals surface area contributed by atoms with Crippen molar-refractivity contribution in [1.82, 2.24) is 25.1 Å². The summed E-state index contributed by atoms with van der Waals surface area (Å²) >= 11 is 0. The van der Waals surface area contributed by atoms with Crippen molar-refractivity contribution in [2.45, 2.75) is 39.2 Å². The molecular weight excluding hydrogens is 321 g/mol. The van der Waals surface area contributed by atoms with Crippen LogP contribution in [0, 0.1) is 19.7 Å². The second-order valence-electron chi connectivity index (χ2n) is 6.62. The van der Waals surface area contributed by atoms with E-state index in [1.807, 2.05) is 18.7 Å². The van der Waals surface area contributed by atoms with Crippen LogP contribution in [0.25, 0.3) is 11.0 Å². The Balaban J connectivity index is 1.60. The summed E-state index contributed by atoms with van der Waals surface area (Å²) in [4.78, 5) is 22.5. The fourth-order valence-corrected chi connectivity index (χ4v) is 3.60. The molecule has 7 heteroatoms. The zero-order valence-corrected chi connectivity index (χ0v) is 14.3. The molecule has 0 spiro atoms. The molecule has 1 amide bonds. The van der Waals surface area contributed by atoms with E-state index in [1.54, 1.807) is 6.07 Å². The van der Waals surface area contributed by atoms with E-state index in [0.29, 0.717) is 18.5 Å². The van der Waals surface area contributed by atoms with E-state index >= 15 is 0 Å². The normalized spacial score (nSPS) is 17.6. The Morgan fingerprint density at radius 2 is 2.24 bits per heavy atom. The summed E-state index contributed by atoms with van der Waals surface area (Å²) in [5, 5.41) is 7.08. The van der Waals surface area contributed by atoms with Crippen molar-refractivity contribution in [1.29, 1.82) is 0 Å². The molecule has 4 rings (SSSR count). The molecule has 25 heavy (non-hydrogen) atoms. The number of aromatic amines is 2. The molecule has 1 aliphatic heterocycles. The summed E-state index contributed by atoms with van der Waals surface area (Å²) in [6.45, 7) is 4.55. The number of fused-ring (bicyclic) bond motifs is 1. The lowest BCUT2D eigenvalue weighted by atomic mass is 10.1. The number of H-pyrrole nitrogens is 2. The SMILES string of the molecule is Cc1n[nH]c(C)c1CC(=O)N1CCCC1c1nc2ccc(F)cc2[nH]1. The van der Waals surface area contributed by atoms with Crippen molar-refractivity contribution in [2.24, 2.45) is 0 Å². The Kier molecular flexibility index (Phi) is 3.78. The Morgan fingerprint density at radius 1 is 1.40 bits per heavy atom. The highest BCUT2D eigenvalue weighted by molar-refractivity contribution is 5.80. The van der Waals surface area contributed by atoms with Crippen LogP contribution in [0.3, 0.4) is 0 Å². The minimum Gasteiger partial charge on any atom is -0.340 e. The summed E-state index contributed by atoms with van der Waals surface area (Å²) in [7, 11) is 0. The van der Waals surface area contributed by atoms with Gasteiger partial charge in [-0.3, -0.25) is 9.89 Å². The number of imidazole rings is 1. The Labute approximate surface area is 144 Å². The Bertz CT molecular complexity index is 925. The van der Waals surface area contributed by atoms with E-state index in [0.717, 1.165) is 41.1 Å². The summed E-state index contributed by atoms with van der Waals surface area (Å²) in [6, 6.07) is 4.40. The molecule has 1 aliphatic rings. The van der Waals surface area contributed by atoms with Gasteiger partial charge in [-0.15, -0.1) is 0 Å². The third-order valence-corrected chi connectivity index (χ3v) is 4.96. The molecule has 0 aliphatic carbocycles. The number of aromatic nitrogens is 4. The second-order valence-corrected chi connectivity index (χ2v) is 6.62. The number of hydrogen-bond acceptors (Lipinski definition) is 3. The monoisotopic (exact) mass is 341 g/mol. The van der Waals surface area contributed by atoms with Crippen LogP contribution in [-0.4, -0.2) is 37.5 Å². The number of hydrogen-bond donors (Lipinski definition) is 2. The molecule has 1 atom stereocenters. The van der Waals surface area contributed by atoms with E-state index in [4.69, 9.17) is 0 Å². The lowest BCUT2D eigenvalue weighted by Crippen LogP contribution is -2.32. The molecule has 1 unspecified atom stereocenters. The number of amides is 1. The highest BCUT2D eigenvalue weighted by Crippen LogP contribution is 2.32. The lowest BCUT2D eigenvalue weighted by molar-refractivity contribution is -0.131. The summed E-state index contributed by atoms with van der Waals surface area (Å²) < 4.78 is 13.4. The largest absolute Gasteiger partial charge is 0.340 e. The van der Waals surface area contributed by atoms with Crippen molar-refractivity contribution in [3.8, 4) is 0 Å². The standard InChI is InChI=1S/C18H20FN5O/c1-10-13(11(2)23-22-10)9-17(25)24-7-3-4-16(24)18-20-14-6-5-12(19)8-15(14)21-18/h5-6,8,16H,3-4,7,9H2,1-2H3,(H,20,21)(H,22,23). The number of carbonyl (C=O) groups excluding carboxylic acids is 1. The van der Waals surface area contributed by atoms with E-state index in [1.165, 1.54) is 12.1 Å². The van der Waals surface area contributed by atoms with Gasteiger partial charge in [0, 0.05) is 17.8 Å². The third-order valence-electron chi connectivity index (χ3n) is 4.96. The van der Waals surface area contributed by atoms with Gasteiger partial charge in [-0.05, 0) is 44.9 Å². The average Bonchev–Trinajstić information content (AvgIpc) is 3.28. The minimum absolute atomic E-state index is 0.0711. The van der Waals surface area contributed by atoms with Gasteiger partial charge in [0.2, 0.25) is 5.91 Å². The quantitative estimate of drug-likeness (QED) is 0.769. The highest BCUT2D eigenvalue weighted by Gasteiger charge is 2.32. The molecule has 2 N–H and O–H groups in total. The molecule has 3 aromatic rings. The van der Waals surface area contributed by atoms with Crippen LogP contribution in [0.5, 0.6) is 0 Å². The number of carbonyl (C=O) groups is 1. The average molecular weight is 341 g/mol. The summed E-state index contributed by atoms with van der Waals surface area (Å²) in [5.41, 5.74) is 4.14. The number of aryl methyl sites for hydroxylation is 2. The van der Waals surface area contributed by atoms with Crippen molar-refractivity contribution in [3.63, 3.8) is 0 Å². The molecule has 1 fully saturated rings. The lowest BCUT2D eigenvalue weighted by Gasteiger charge is -2.23. The Morgan fingerprint density at radius 3 is 3.00 bits per heavy atom. The van der Waals surface area contributed by atoms with Crippen LogP contribution in [0.15, 0.2) is 18.2 Å². The predicted octanol–water partition coefficient (Wildman–Crippen LogP) is 2.95. The summed E-state index contributed by atoms with van der Waals surface area (Å²) in [6.07, 6.45) is 2.13. The van der Waals surface area contributed by atoms with Crippen molar-refractivity contribution >= 4 is 16.9 Å². The first-order chi connectivity index (χ1) is 12.0. The van der Waals surface area contributed by atoms with Gasteiger partial charge in [0.1, 0.15) is 11.6 Å². The number of rotatable bonds is 3. The van der Waals surface area contributed by atoms with E-state index in [-0.39, 0.29) is 17.8 Å². The van der Waals surface area contributed by atoms with Crippen LogP contribution in [0.4, 0.5) is 4.39 Å². The molecular formula is C18H20FN5O. The molecule has 130 valence electrons. The fourth-order valence-electron chi connectivity index (χ4n) is 3.60. The molecule has 0 bridgehead atoms. The molecule has 0 radical (unpaired) electrons. The van der Waals surface area contributed by atoms with Gasteiger partial charge in [-0.25, -0.2) is 9.37 Å². The van der Waals surface area contributed by atoms with E-state index < -0.39 is 0 Å². The van der Waals surface area contributed by atoms with Crippen LogP contribution in [0.2, 0.25) is 0 Å². The number of nitrogens with zero attached hydrogens (tertiary/aromatic N) is 3. The van der Waals surface area contributed by atoms with Gasteiger partial charge in [-0.1, -0.05) is 0 Å². The number of nitrogens with one attached hydrogen (secondary N) is 2. The van der Waals surface area contributed by atoms with Gasteiger partial charge < -0.3 is 9.88 Å². The van der Waals surface area contributed by atoms with Crippen molar-refractivity contribution in [2.75, 3.05) is 6.54 Å². The third kappa shape index (κ3) is 2.79. The molecule has 3 heterocycles. The predicted molar refractivity (Wildman–Crippen MR) is 91.5 cm³/mol. The minimum atomic E-state index is -0.298. The zero-order valence-electron chi connectivity index (χ0n) is 14.3. The van der Waals surface area contributed by atoms with Crippen LogP contribution < -0.4 is 0 Å². The van der Waals surface area contributed by atoms with Crippen molar-refractivity contribution < 1.29 is 9.18 Å². The first kappa shape index (κ1) is 15.8. The van der Waals surface area contributed by atoms with Gasteiger partial charge in [0.05, 0.1) is 29.2 Å². The molecule has 0 saturated carbocycles. The van der Waals surface area contributed by atoms with E-state index in [2.05, 4.69) is 20.2 Å². The van der Waals surface area contributed by atoms with E-state index in [9.17, 15) is 9.18 Å². The second kappa shape index (κ2) is 5.98. The van der Waals surface area contributed by atoms with Crippen LogP contribution in [0.1, 0.15) is 41.7 Å². The van der Waals surface area contributed by atoms with Gasteiger partial charge in [0.25, 0.3) is 0 Å². The zero-order chi connectivity index (χ0) is 17.6. The number of likely N-dealkylation sites (tertiary alicyclic amines) is 1.